The van der Waals surface area contributed by atoms with E-state index in [0.717, 1.165) is 54.6 Å². The number of halogens is 1. The smallest absolute Gasteiger partial charge is 0.309 e. The quantitative estimate of drug-likeness (QED) is 0.732. The minimum absolute atomic E-state index is 0.232. The van der Waals surface area contributed by atoms with E-state index in [1.807, 2.05) is 6.92 Å². The van der Waals surface area contributed by atoms with Gasteiger partial charge < -0.3 is 16.0 Å². The van der Waals surface area contributed by atoms with Crippen LogP contribution in [0.5, 0.6) is 0 Å². The minimum Gasteiger partial charge on any atom is -0.361 e. The van der Waals surface area contributed by atoms with Gasteiger partial charge in [-0.05, 0) is 56.0 Å². The highest BCUT2D eigenvalue weighted by atomic mass is 19.1. The van der Waals surface area contributed by atoms with Gasteiger partial charge in [0.15, 0.2) is 0 Å². The van der Waals surface area contributed by atoms with Crippen molar-refractivity contribution in [2.75, 3.05) is 19.6 Å². The zero-order valence-corrected chi connectivity index (χ0v) is 14.3. The predicted octanol–water partition coefficient (Wildman–Crippen LogP) is 1.43. The lowest BCUT2D eigenvalue weighted by molar-refractivity contribution is -0.137. The summed E-state index contributed by atoms with van der Waals surface area (Å²) < 4.78 is 13.5. The topological polar surface area (TPSA) is 91.2 Å². The summed E-state index contributed by atoms with van der Waals surface area (Å²) in [4.78, 5) is 27.8. The Morgan fingerprint density at radius 2 is 2.24 bits per heavy atom. The predicted molar refractivity (Wildman–Crippen MR) is 93.2 cm³/mol. The summed E-state index contributed by atoms with van der Waals surface area (Å²) in [6.07, 6.45) is 2.04. The molecule has 1 aliphatic rings. The number of aromatic nitrogens is 1. The summed E-state index contributed by atoms with van der Waals surface area (Å²) in [5, 5.41) is 3.50. The molecule has 0 aliphatic carbocycles. The van der Waals surface area contributed by atoms with E-state index in [4.69, 9.17) is 5.73 Å². The number of carbonyl (C=O) groups excluding carboxylic acids is 2. The van der Waals surface area contributed by atoms with E-state index in [1.54, 1.807) is 12.1 Å². The first kappa shape index (κ1) is 17.4. The normalized spacial score (nSPS) is 18.4. The molecule has 1 atom stereocenters. The zero-order chi connectivity index (χ0) is 18.0. The molecule has 7 heteroatoms. The Labute approximate surface area is 145 Å². The molecule has 134 valence electrons. The summed E-state index contributed by atoms with van der Waals surface area (Å²) in [6, 6.07) is 4.78. The van der Waals surface area contributed by atoms with E-state index in [0.29, 0.717) is 12.5 Å². The van der Waals surface area contributed by atoms with E-state index in [2.05, 4.69) is 15.2 Å². The Hall–Kier alpha value is -2.41. The van der Waals surface area contributed by atoms with Crippen molar-refractivity contribution in [3.05, 3.63) is 35.3 Å². The number of nitrogens with two attached hydrogens (primary N) is 1. The van der Waals surface area contributed by atoms with Crippen LogP contribution in [0.4, 0.5) is 4.39 Å². The molecule has 0 radical (unpaired) electrons. The average molecular weight is 346 g/mol. The Bertz CT molecular complexity index is 802. The molecule has 0 saturated carbocycles. The molecule has 2 aromatic rings. The first-order chi connectivity index (χ1) is 11.9. The second-order valence-electron chi connectivity index (χ2n) is 6.74. The maximum absolute atomic E-state index is 13.5. The number of piperidine rings is 1. The van der Waals surface area contributed by atoms with Crippen LogP contribution in [0.2, 0.25) is 0 Å². The maximum Gasteiger partial charge on any atom is 0.309 e. The van der Waals surface area contributed by atoms with Gasteiger partial charge in [0.25, 0.3) is 0 Å². The highest BCUT2D eigenvalue weighted by Crippen LogP contribution is 2.25. The van der Waals surface area contributed by atoms with Crippen molar-refractivity contribution in [2.24, 2.45) is 11.7 Å². The Morgan fingerprint density at radius 1 is 1.44 bits per heavy atom. The van der Waals surface area contributed by atoms with E-state index in [9.17, 15) is 14.0 Å². The first-order valence-electron chi connectivity index (χ1n) is 8.50. The summed E-state index contributed by atoms with van der Waals surface area (Å²) in [5.74, 6) is -1.62. The van der Waals surface area contributed by atoms with Crippen LogP contribution in [-0.2, 0) is 16.1 Å². The van der Waals surface area contributed by atoms with Gasteiger partial charge in [0.2, 0.25) is 0 Å². The third kappa shape index (κ3) is 3.99. The SMILES string of the molecule is Cc1c(CN2CCC[C@@H](CNC(=O)C(N)=O)C2)[nH]c2ccc(F)cc12. The lowest BCUT2D eigenvalue weighted by atomic mass is 9.97. The number of H-pyrrole nitrogens is 1. The molecule has 0 spiro atoms. The third-order valence-corrected chi connectivity index (χ3v) is 4.88. The molecule has 25 heavy (non-hydrogen) atoms. The van der Waals surface area contributed by atoms with Crippen LogP contribution in [0.1, 0.15) is 24.1 Å². The number of amides is 2. The van der Waals surface area contributed by atoms with Gasteiger partial charge in [0.1, 0.15) is 5.82 Å². The van der Waals surface area contributed by atoms with E-state index in [1.165, 1.54) is 6.07 Å². The van der Waals surface area contributed by atoms with Gasteiger partial charge >= 0.3 is 11.8 Å². The number of likely N-dealkylation sites (tertiary alicyclic amines) is 1. The van der Waals surface area contributed by atoms with Gasteiger partial charge in [-0.2, -0.15) is 0 Å². The van der Waals surface area contributed by atoms with Gasteiger partial charge in [-0.15, -0.1) is 0 Å². The van der Waals surface area contributed by atoms with E-state index >= 15 is 0 Å². The summed E-state index contributed by atoms with van der Waals surface area (Å²) in [6.45, 7) is 5.02. The van der Waals surface area contributed by atoms with Crippen molar-refractivity contribution >= 4 is 22.7 Å². The standard InChI is InChI=1S/C18H23FN4O2/c1-11-14-7-13(19)4-5-15(14)22-16(11)10-23-6-2-3-12(9-23)8-21-18(25)17(20)24/h4-5,7,12,22H,2-3,6,8-10H2,1H3,(H2,20,24)(H,21,25)/t12-/m0/s1. The third-order valence-electron chi connectivity index (χ3n) is 4.88. The molecule has 2 heterocycles. The Kier molecular flexibility index (Phi) is 5.03. The molecular formula is C18H23FN4O2. The van der Waals surface area contributed by atoms with Crippen LogP contribution in [-0.4, -0.2) is 41.3 Å². The molecular weight excluding hydrogens is 323 g/mol. The molecule has 1 aromatic heterocycles. The van der Waals surface area contributed by atoms with Crippen molar-refractivity contribution in [2.45, 2.75) is 26.3 Å². The van der Waals surface area contributed by atoms with Crippen molar-refractivity contribution < 1.29 is 14.0 Å². The van der Waals surface area contributed by atoms with Crippen LogP contribution >= 0.6 is 0 Å². The van der Waals surface area contributed by atoms with Crippen LogP contribution in [0.3, 0.4) is 0 Å². The molecule has 1 aliphatic heterocycles. The van der Waals surface area contributed by atoms with Gasteiger partial charge in [-0.3, -0.25) is 14.5 Å². The molecule has 3 rings (SSSR count). The Balaban J connectivity index is 1.64. The molecule has 1 saturated heterocycles. The maximum atomic E-state index is 13.5. The van der Waals surface area contributed by atoms with Gasteiger partial charge in [0, 0.05) is 36.2 Å². The molecule has 2 amide bonds. The summed E-state index contributed by atoms with van der Waals surface area (Å²) in [5.41, 5.74) is 8.05. The lowest BCUT2D eigenvalue weighted by Crippen LogP contribution is -2.43. The number of aromatic amines is 1. The lowest BCUT2D eigenvalue weighted by Gasteiger charge is -2.32. The van der Waals surface area contributed by atoms with Gasteiger partial charge in [0.05, 0.1) is 0 Å². The minimum atomic E-state index is -0.950. The summed E-state index contributed by atoms with van der Waals surface area (Å²) >= 11 is 0. The number of nitrogens with zero attached hydrogens (tertiary/aromatic N) is 1. The molecule has 4 N–H and O–H groups in total. The number of fused-ring (bicyclic) bond motifs is 1. The monoisotopic (exact) mass is 346 g/mol. The molecule has 0 unspecified atom stereocenters. The number of rotatable bonds is 4. The number of hydrogen-bond donors (Lipinski definition) is 3. The van der Waals surface area contributed by atoms with Crippen molar-refractivity contribution in [1.29, 1.82) is 0 Å². The fourth-order valence-electron chi connectivity index (χ4n) is 3.52. The van der Waals surface area contributed by atoms with Crippen LogP contribution in [0, 0.1) is 18.7 Å². The average Bonchev–Trinajstić information content (AvgIpc) is 2.89. The number of nitrogens with one attached hydrogen (secondary N) is 2. The first-order valence-corrected chi connectivity index (χ1v) is 8.50. The Morgan fingerprint density at radius 3 is 3.00 bits per heavy atom. The van der Waals surface area contributed by atoms with Crippen LogP contribution < -0.4 is 11.1 Å². The summed E-state index contributed by atoms with van der Waals surface area (Å²) in [7, 11) is 0. The number of benzene rings is 1. The number of aryl methyl sites for hydroxylation is 1. The van der Waals surface area contributed by atoms with Crippen LogP contribution in [0.15, 0.2) is 18.2 Å². The highest BCUT2D eigenvalue weighted by Gasteiger charge is 2.22. The van der Waals surface area contributed by atoms with Gasteiger partial charge in [-0.1, -0.05) is 0 Å². The van der Waals surface area contributed by atoms with Crippen molar-refractivity contribution in [1.82, 2.24) is 15.2 Å². The fourth-order valence-corrected chi connectivity index (χ4v) is 3.52. The number of carbonyl (C=O) groups is 2. The van der Waals surface area contributed by atoms with E-state index < -0.39 is 11.8 Å². The number of hydrogen-bond acceptors (Lipinski definition) is 3. The molecule has 6 nitrogen and oxygen atoms in total. The molecule has 1 fully saturated rings. The zero-order valence-electron chi connectivity index (χ0n) is 14.3. The van der Waals surface area contributed by atoms with Crippen molar-refractivity contribution in [3.8, 4) is 0 Å². The molecule has 0 bridgehead atoms. The van der Waals surface area contributed by atoms with Crippen LogP contribution in [0.25, 0.3) is 10.9 Å². The highest BCUT2D eigenvalue weighted by molar-refractivity contribution is 6.34. The fraction of sp³-hybridized carbons (Fsp3) is 0.444. The van der Waals surface area contributed by atoms with Gasteiger partial charge in [-0.25, -0.2) is 4.39 Å². The second kappa shape index (κ2) is 7.23. The number of primary amides is 1. The second-order valence-corrected chi connectivity index (χ2v) is 6.74. The van der Waals surface area contributed by atoms with Crippen molar-refractivity contribution in [3.63, 3.8) is 0 Å². The largest absolute Gasteiger partial charge is 0.361 e. The molecule has 1 aromatic carbocycles. The van der Waals surface area contributed by atoms with E-state index in [-0.39, 0.29) is 5.82 Å².